The summed E-state index contributed by atoms with van der Waals surface area (Å²) in [4.78, 5) is 23.9. The second-order valence-electron chi connectivity index (χ2n) is 5.95. The van der Waals surface area contributed by atoms with Crippen LogP contribution in [0.1, 0.15) is 15.9 Å². The number of hydrogen-bond acceptors (Lipinski definition) is 4. The third-order valence-electron chi connectivity index (χ3n) is 3.76. The number of nitrogens with zero attached hydrogens (tertiary/aromatic N) is 4. The van der Waals surface area contributed by atoms with E-state index in [2.05, 4.69) is 20.0 Å². The van der Waals surface area contributed by atoms with Gasteiger partial charge in [0.2, 0.25) is 0 Å². The van der Waals surface area contributed by atoms with Crippen LogP contribution in [0.4, 0.5) is 13.2 Å². The molecule has 3 aromatic rings. The summed E-state index contributed by atoms with van der Waals surface area (Å²) in [5.74, 6) is -2.62. The van der Waals surface area contributed by atoms with Crippen molar-refractivity contribution in [2.24, 2.45) is 10.1 Å². The van der Waals surface area contributed by atoms with Crippen molar-refractivity contribution in [1.82, 2.24) is 9.55 Å². The molecule has 1 aromatic carbocycles. The van der Waals surface area contributed by atoms with Gasteiger partial charge in [-0.25, -0.2) is 14.8 Å². The lowest BCUT2D eigenvalue weighted by molar-refractivity contribution is -0.0624. The number of pyridine rings is 2. The Morgan fingerprint density at radius 2 is 1.80 bits per heavy atom. The fraction of sp³-hybridized carbons (Fsp3) is 0.100. The maximum absolute atomic E-state index is 13.4. The molecule has 0 saturated heterocycles. The first-order valence-electron chi connectivity index (χ1n) is 8.55. The van der Waals surface area contributed by atoms with Crippen LogP contribution in [0.3, 0.4) is 0 Å². The lowest BCUT2D eigenvalue weighted by Gasteiger charge is -2.09. The first kappa shape index (κ1) is 21.3. The van der Waals surface area contributed by atoms with Crippen LogP contribution in [0.5, 0.6) is 0 Å². The van der Waals surface area contributed by atoms with Gasteiger partial charge in [-0.3, -0.25) is 0 Å². The largest absolute Gasteiger partial charge is 0.455 e. The molecule has 0 unspecified atom stereocenters. The number of aromatic nitrogens is 2. The van der Waals surface area contributed by atoms with Gasteiger partial charge in [0.25, 0.3) is 5.84 Å². The Morgan fingerprint density at radius 1 is 1.07 bits per heavy atom. The number of oxime groups is 1. The molecule has 0 N–H and O–H groups in total. The van der Waals surface area contributed by atoms with Crippen LogP contribution < -0.4 is 5.49 Å². The molecule has 0 fully saturated rings. The van der Waals surface area contributed by atoms with E-state index in [4.69, 9.17) is 11.6 Å². The van der Waals surface area contributed by atoms with Gasteiger partial charge < -0.3 is 9.40 Å². The molecule has 0 spiro atoms. The van der Waals surface area contributed by atoms with Crippen LogP contribution in [-0.4, -0.2) is 27.5 Å². The highest BCUT2D eigenvalue weighted by Crippen LogP contribution is 2.18. The summed E-state index contributed by atoms with van der Waals surface area (Å²) in [6, 6.07) is 15.4. The van der Waals surface area contributed by atoms with Crippen molar-refractivity contribution >= 4 is 23.4 Å². The van der Waals surface area contributed by atoms with Crippen molar-refractivity contribution in [2.45, 2.75) is 12.7 Å². The molecule has 3 rings (SSSR count). The molecule has 2 aromatic heterocycles. The van der Waals surface area contributed by atoms with Crippen LogP contribution in [-0.2, 0) is 11.4 Å². The van der Waals surface area contributed by atoms with Gasteiger partial charge >= 0.3 is 12.1 Å². The van der Waals surface area contributed by atoms with Crippen molar-refractivity contribution in [3.63, 3.8) is 0 Å². The number of carbonyl (C=O) groups excluding carboxylic acids is 1. The molecule has 0 bridgehead atoms. The Labute approximate surface area is 173 Å². The fourth-order valence-corrected chi connectivity index (χ4v) is 2.47. The smallest absolute Gasteiger partial charge is 0.328 e. The van der Waals surface area contributed by atoms with E-state index in [9.17, 15) is 18.0 Å². The van der Waals surface area contributed by atoms with Gasteiger partial charge in [-0.15, -0.1) is 0 Å². The van der Waals surface area contributed by atoms with Crippen molar-refractivity contribution in [2.75, 3.05) is 0 Å². The third kappa shape index (κ3) is 5.77. The van der Waals surface area contributed by atoms with Crippen molar-refractivity contribution in [1.29, 1.82) is 0 Å². The normalized spacial score (nSPS) is 12.7. The average molecular weight is 435 g/mol. The Kier molecular flexibility index (Phi) is 6.63. The summed E-state index contributed by atoms with van der Waals surface area (Å²) in [6.07, 6.45) is -1.88. The SMILES string of the molecule is O=C(O/N=C(/N=c1ccccn1Cc1ccc(Cl)nc1)C(F)(F)F)c1ccccc1. The second kappa shape index (κ2) is 9.36. The minimum atomic E-state index is -4.94. The van der Waals surface area contributed by atoms with Crippen LogP contribution in [0, 0.1) is 0 Å². The van der Waals surface area contributed by atoms with E-state index in [0.29, 0.717) is 10.7 Å². The molecule has 30 heavy (non-hydrogen) atoms. The average Bonchev–Trinajstić information content (AvgIpc) is 2.73. The summed E-state index contributed by atoms with van der Waals surface area (Å²) in [5, 5.41) is 3.26. The Bertz CT molecular complexity index is 1110. The van der Waals surface area contributed by atoms with Crippen LogP contribution >= 0.6 is 11.6 Å². The van der Waals surface area contributed by atoms with Crippen molar-refractivity contribution in [3.05, 3.63) is 94.8 Å². The summed E-state index contributed by atoms with van der Waals surface area (Å²) in [6.45, 7) is 0.193. The van der Waals surface area contributed by atoms with E-state index in [1.54, 1.807) is 42.6 Å². The number of alkyl halides is 3. The minimum absolute atomic E-state index is 0.0423. The van der Waals surface area contributed by atoms with Gasteiger partial charge in [0.1, 0.15) is 10.6 Å². The molecular formula is C20H14ClF3N4O2. The lowest BCUT2D eigenvalue weighted by atomic mass is 10.2. The predicted octanol–water partition coefficient (Wildman–Crippen LogP) is 4.22. The van der Waals surface area contributed by atoms with Crippen LogP contribution in [0.25, 0.3) is 0 Å². The molecule has 0 atom stereocenters. The van der Waals surface area contributed by atoms with Crippen LogP contribution in [0.15, 0.2) is 83.2 Å². The van der Waals surface area contributed by atoms with Gasteiger partial charge in [0, 0.05) is 12.4 Å². The van der Waals surface area contributed by atoms with Gasteiger partial charge in [-0.1, -0.05) is 41.9 Å². The van der Waals surface area contributed by atoms with E-state index < -0.39 is 18.0 Å². The number of amidine groups is 1. The fourth-order valence-electron chi connectivity index (χ4n) is 2.35. The van der Waals surface area contributed by atoms with E-state index in [1.807, 2.05) is 0 Å². The third-order valence-corrected chi connectivity index (χ3v) is 3.98. The Morgan fingerprint density at radius 3 is 2.47 bits per heavy atom. The predicted molar refractivity (Wildman–Crippen MR) is 104 cm³/mol. The molecular weight excluding hydrogens is 421 g/mol. The number of benzene rings is 1. The number of hydrogen-bond donors (Lipinski definition) is 0. The molecule has 10 heteroatoms. The van der Waals surface area contributed by atoms with Crippen molar-refractivity contribution < 1.29 is 22.8 Å². The minimum Gasteiger partial charge on any atom is -0.328 e. The highest BCUT2D eigenvalue weighted by molar-refractivity contribution is 6.29. The maximum Gasteiger partial charge on any atom is 0.455 e. The highest BCUT2D eigenvalue weighted by atomic mass is 35.5. The molecule has 6 nitrogen and oxygen atoms in total. The number of halogens is 4. The standard InChI is InChI=1S/C20H14ClF3N4O2/c21-16-10-9-14(12-25-16)13-28-11-5-4-8-17(28)26-19(20(22,23)24)27-30-18(29)15-6-2-1-3-7-15/h1-12H,13H2/b26-17?,27-19+. The number of carbonyl (C=O) groups is 1. The quantitative estimate of drug-likeness (QED) is 0.203. The zero-order valence-corrected chi connectivity index (χ0v) is 16.0. The van der Waals surface area contributed by atoms with Gasteiger partial charge in [0.05, 0.1) is 12.1 Å². The van der Waals surface area contributed by atoms with E-state index in [0.717, 1.165) is 0 Å². The maximum atomic E-state index is 13.4. The van der Waals surface area contributed by atoms with Crippen LogP contribution in [0.2, 0.25) is 5.15 Å². The molecule has 0 aliphatic carbocycles. The highest BCUT2D eigenvalue weighted by Gasteiger charge is 2.37. The molecule has 2 heterocycles. The van der Waals surface area contributed by atoms with Gasteiger partial charge in [-0.2, -0.15) is 13.2 Å². The molecule has 0 aliphatic heterocycles. The first-order valence-corrected chi connectivity index (χ1v) is 8.93. The zero-order chi connectivity index (χ0) is 21.6. The second-order valence-corrected chi connectivity index (χ2v) is 6.33. The number of rotatable bonds is 4. The van der Waals surface area contributed by atoms with E-state index in [-0.39, 0.29) is 17.6 Å². The summed E-state index contributed by atoms with van der Waals surface area (Å²) in [5.41, 5.74) is 0.722. The van der Waals surface area contributed by atoms with Crippen molar-refractivity contribution in [3.8, 4) is 0 Å². The summed E-state index contributed by atoms with van der Waals surface area (Å²) >= 11 is 5.75. The monoisotopic (exact) mass is 434 g/mol. The van der Waals surface area contributed by atoms with Gasteiger partial charge in [-0.05, 0) is 41.1 Å². The Hall–Kier alpha value is -3.46. The molecule has 0 saturated carbocycles. The van der Waals surface area contributed by atoms with Gasteiger partial charge in [0.15, 0.2) is 0 Å². The zero-order valence-electron chi connectivity index (χ0n) is 15.3. The molecule has 0 amide bonds. The summed E-state index contributed by atoms with van der Waals surface area (Å²) < 4.78 is 41.7. The molecule has 0 aliphatic rings. The summed E-state index contributed by atoms with van der Waals surface area (Å²) in [7, 11) is 0. The van der Waals surface area contributed by atoms with E-state index in [1.165, 1.54) is 35.0 Å². The topological polar surface area (TPSA) is 68.8 Å². The Balaban J connectivity index is 1.92. The lowest BCUT2D eigenvalue weighted by Crippen LogP contribution is -2.28. The van der Waals surface area contributed by atoms with E-state index >= 15 is 0 Å². The molecule has 0 radical (unpaired) electrons. The molecule has 154 valence electrons. The first-order chi connectivity index (χ1) is 14.3.